The number of hydrogen-bond donors (Lipinski definition) is 1. The van der Waals surface area contributed by atoms with Crippen LogP contribution in [0.2, 0.25) is 5.02 Å². The first-order chi connectivity index (χ1) is 15.4. The highest BCUT2D eigenvalue weighted by atomic mass is 35.5. The lowest BCUT2D eigenvalue weighted by Gasteiger charge is -2.34. The molecular formula is C23H22ClN5O3. The van der Waals surface area contributed by atoms with Crippen LogP contribution in [0.3, 0.4) is 0 Å². The van der Waals surface area contributed by atoms with Gasteiger partial charge in [0.05, 0.1) is 16.4 Å². The van der Waals surface area contributed by atoms with Gasteiger partial charge >= 0.3 is 6.03 Å². The Balaban J connectivity index is 1.43. The van der Waals surface area contributed by atoms with Crippen molar-refractivity contribution in [3.63, 3.8) is 0 Å². The molecule has 0 saturated carbocycles. The van der Waals surface area contributed by atoms with Crippen molar-refractivity contribution < 1.29 is 14.4 Å². The summed E-state index contributed by atoms with van der Waals surface area (Å²) in [6.07, 6.45) is 0. The van der Waals surface area contributed by atoms with Gasteiger partial charge in [-0.2, -0.15) is 9.78 Å². The van der Waals surface area contributed by atoms with Crippen LogP contribution in [0, 0.1) is 0 Å². The quantitative estimate of drug-likeness (QED) is 0.655. The molecule has 1 saturated heterocycles. The van der Waals surface area contributed by atoms with Crippen LogP contribution in [0.15, 0.2) is 60.7 Å². The summed E-state index contributed by atoms with van der Waals surface area (Å²) in [5.41, 5.74) is 2.11. The topological polar surface area (TPSA) is 87.5 Å². The molecule has 3 amide bonds. The number of piperazine rings is 1. The van der Waals surface area contributed by atoms with Gasteiger partial charge in [0.1, 0.15) is 0 Å². The fourth-order valence-electron chi connectivity index (χ4n) is 3.57. The van der Waals surface area contributed by atoms with Gasteiger partial charge in [-0.3, -0.25) is 9.59 Å². The largest absolute Gasteiger partial charge is 0.334 e. The zero-order valence-corrected chi connectivity index (χ0v) is 18.2. The van der Waals surface area contributed by atoms with Gasteiger partial charge in [0.2, 0.25) is 5.91 Å². The van der Waals surface area contributed by atoms with Gasteiger partial charge in [0, 0.05) is 38.7 Å². The third kappa shape index (κ3) is 4.50. The monoisotopic (exact) mass is 451 g/mol. The van der Waals surface area contributed by atoms with E-state index < -0.39 is 0 Å². The van der Waals surface area contributed by atoms with Crippen molar-refractivity contribution in [1.82, 2.24) is 19.6 Å². The summed E-state index contributed by atoms with van der Waals surface area (Å²) in [6, 6.07) is 17.7. The SMILES string of the molecule is CC(=O)n1nc(C(=O)N2CCN(C(=O)Nc3ccccc3Cl)CC2)cc1-c1ccccc1. The van der Waals surface area contributed by atoms with Gasteiger partial charge in [0.15, 0.2) is 5.69 Å². The number of hydrogen-bond acceptors (Lipinski definition) is 4. The second kappa shape index (κ2) is 9.23. The fraction of sp³-hybridized carbons (Fsp3) is 0.217. The first kappa shape index (κ1) is 21.6. The van der Waals surface area contributed by atoms with Crippen LogP contribution in [0.4, 0.5) is 10.5 Å². The third-order valence-electron chi connectivity index (χ3n) is 5.27. The molecule has 0 spiro atoms. The van der Waals surface area contributed by atoms with E-state index in [-0.39, 0.29) is 23.5 Å². The van der Waals surface area contributed by atoms with E-state index in [2.05, 4.69) is 10.4 Å². The van der Waals surface area contributed by atoms with Crippen LogP contribution in [0.5, 0.6) is 0 Å². The second-order valence-corrected chi connectivity index (χ2v) is 7.81. The van der Waals surface area contributed by atoms with Crippen LogP contribution >= 0.6 is 11.6 Å². The summed E-state index contributed by atoms with van der Waals surface area (Å²) in [4.78, 5) is 40.9. The number of halogens is 1. The van der Waals surface area contributed by atoms with Crippen molar-refractivity contribution in [3.8, 4) is 11.3 Å². The molecule has 32 heavy (non-hydrogen) atoms. The Morgan fingerprint density at radius 2 is 1.53 bits per heavy atom. The molecule has 1 aliphatic rings. The van der Waals surface area contributed by atoms with E-state index in [0.717, 1.165) is 5.56 Å². The molecule has 8 nitrogen and oxygen atoms in total. The summed E-state index contributed by atoms with van der Waals surface area (Å²) in [6.45, 7) is 2.89. The van der Waals surface area contributed by atoms with Gasteiger partial charge in [0.25, 0.3) is 5.91 Å². The number of anilines is 1. The summed E-state index contributed by atoms with van der Waals surface area (Å²) < 4.78 is 1.25. The highest BCUT2D eigenvalue weighted by Gasteiger charge is 2.27. The van der Waals surface area contributed by atoms with E-state index in [4.69, 9.17) is 11.6 Å². The molecule has 1 aromatic heterocycles. The molecule has 0 bridgehead atoms. The maximum absolute atomic E-state index is 13.0. The standard InChI is InChI=1S/C23H22ClN5O3/c1-16(30)29-21(17-7-3-2-4-8-17)15-20(26-29)22(31)27-11-13-28(14-12-27)23(32)25-19-10-6-5-9-18(19)24/h2-10,15H,11-14H2,1H3,(H,25,32). The van der Waals surface area contributed by atoms with E-state index in [0.29, 0.717) is 42.6 Å². The predicted octanol–water partition coefficient (Wildman–Crippen LogP) is 3.85. The second-order valence-electron chi connectivity index (χ2n) is 7.40. The lowest BCUT2D eigenvalue weighted by atomic mass is 10.1. The highest BCUT2D eigenvalue weighted by Crippen LogP contribution is 2.23. The van der Waals surface area contributed by atoms with Crippen molar-refractivity contribution in [3.05, 3.63) is 71.4 Å². The number of aromatic nitrogens is 2. The minimum Gasteiger partial charge on any atom is -0.334 e. The van der Waals surface area contributed by atoms with E-state index in [1.807, 2.05) is 30.3 Å². The van der Waals surface area contributed by atoms with Crippen molar-refractivity contribution in [2.24, 2.45) is 0 Å². The predicted molar refractivity (Wildman–Crippen MR) is 122 cm³/mol. The first-order valence-corrected chi connectivity index (χ1v) is 10.6. The Morgan fingerprint density at radius 1 is 0.906 bits per heavy atom. The number of rotatable bonds is 3. The maximum Gasteiger partial charge on any atom is 0.322 e. The van der Waals surface area contributed by atoms with Crippen LogP contribution in [-0.4, -0.2) is 63.6 Å². The van der Waals surface area contributed by atoms with Gasteiger partial charge in [-0.15, -0.1) is 0 Å². The minimum atomic E-state index is -0.274. The van der Waals surface area contributed by atoms with Crippen LogP contribution in [0.1, 0.15) is 22.2 Å². The Morgan fingerprint density at radius 3 is 2.19 bits per heavy atom. The molecule has 1 aliphatic heterocycles. The maximum atomic E-state index is 13.0. The normalized spacial score (nSPS) is 13.7. The first-order valence-electron chi connectivity index (χ1n) is 10.2. The summed E-state index contributed by atoms with van der Waals surface area (Å²) in [5.74, 6) is -0.544. The molecule has 0 radical (unpaired) electrons. The zero-order chi connectivity index (χ0) is 22.7. The average Bonchev–Trinajstić information content (AvgIpc) is 3.27. The number of para-hydroxylation sites is 1. The molecule has 2 heterocycles. The van der Waals surface area contributed by atoms with Crippen LogP contribution < -0.4 is 5.32 Å². The number of carbonyl (C=O) groups excluding carboxylic acids is 3. The Hall–Kier alpha value is -3.65. The number of amides is 3. The number of urea groups is 1. The molecule has 0 atom stereocenters. The molecule has 1 N–H and O–H groups in total. The van der Waals surface area contributed by atoms with Gasteiger partial charge in [-0.25, -0.2) is 4.79 Å². The molecule has 0 aliphatic carbocycles. The number of nitrogens with one attached hydrogen (secondary N) is 1. The van der Waals surface area contributed by atoms with Crippen molar-refractivity contribution in [2.45, 2.75) is 6.92 Å². The molecule has 9 heteroatoms. The fourth-order valence-corrected chi connectivity index (χ4v) is 3.75. The molecule has 2 aromatic carbocycles. The molecule has 1 fully saturated rings. The highest BCUT2D eigenvalue weighted by molar-refractivity contribution is 6.33. The van der Waals surface area contributed by atoms with Crippen molar-refractivity contribution in [1.29, 1.82) is 0 Å². The summed E-state index contributed by atoms with van der Waals surface area (Å²) >= 11 is 6.10. The van der Waals surface area contributed by atoms with Crippen LogP contribution in [0.25, 0.3) is 11.3 Å². The third-order valence-corrected chi connectivity index (χ3v) is 5.60. The number of nitrogens with zero attached hydrogens (tertiary/aromatic N) is 4. The number of carbonyl (C=O) groups is 3. The van der Waals surface area contributed by atoms with Gasteiger partial charge < -0.3 is 15.1 Å². The lowest BCUT2D eigenvalue weighted by molar-refractivity contribution is 0.0665. The molecule has 0 unspecified atom stereocenters. The van der Waals surface area contributed by atoms with E-state index in [1.54, 1.807) is 40.1 Å². The summed E-state index contributed by atoms with van der Waals surface area (Å²) in [5, 5.41) is 7.51. The van der Waals surface area contributed by atoms with Crippen molar-refractivity contribution >= 4 is 35.1 Å². The Bertz CT molecular complexity index is 1150. The average molecular weight is 452 g/mol. The Labute approximate surface area is 190 Å². The molecular weight excluding hydrogens is 430 g/mol. The lowest BCUT2D eigenvalue weighted by Crippen LogP contribution is -2.51. The molecule has 4 rings (SSSR count). The zero-order valence-electron chi connectivity index (χ0n) is 17.5. The number of benzene rings is 2. The van der Waals surface area contributed by atoms with E-state index in [1.165, 1.54) is 11.6 Å². The van der Waals surface area contributed by atoms with E-state index in [9.17, 15) is 14.4 Å². The summed E-state index contributed by atoms with van der Waals surface area (Å²) in [7, 11) is 0. The van der Waals surface area contributed by atoms with Crippen LogP contribution in [-0.2, 0) is 0 Å². The smallest absolute Gasteiger partial charge is 0.322 e. The Kier molecular flexibility index (Phi) is 6.23. The van der Waals surface area contributed by atoms with Crippen molar-refractivity contribution in [2.75, 3.05) is 31.5 Å². The molecule has 3 aromatic rings. The van der Waals surface area contributed by atoms with Gasteiger partial charge in [-0.05, 0) is 18.2 Å². The minimum absolute atomic E-state index is 0.202. The molecule has 164 valence electrons. The van der Waals surface area contributed by atoms with Gasteiger partial charge in [-0.1, -0.05) is 54.1 Å². The van der Waals surface area contributed by atoms with E-state index >= 15 is 0 Å².